The van der Waals surface area contributed by atoms with Gasteiger partial charge in [-0.15, -0.1) is 0 Å². The molecule has 5 nitrogen and oxygen atoms in total. The van der Waals surface area contributed by atoms with E-state index in [1.165, 1.54) is 0 Å². The van der Waals surface area contributed by atoms with Crippen LogP contribution in [0.5, 0.6) is 0 Å². The van der Waals surface area contributed by atoms with Crippen LogP contribution in [0.1, 0.15) is 12.5 Å². The van der Waals surface area contributed by atoms with E-state index in [0.29, 0.717) is 12.6 Å². The van der Waals surface area contributed by atoms with Gasteiger partial charge in [0.25, 0.3) is 0 Å². The molecule has 2 rings (SSSR count). The fraction of sp³-hybridized carbons (Fsp3) is 0.533. The number of nitrogens with zero attached hydrogens (tertiary/aromatic N) is 2. The maximum atomic E-state index is 11.9. The van der Waals surface area contributed by atoms with Gasteiger partial charge in [-0.2, -0.15) is 0 Å². The summed E-state index contributed by atoms with van der Waals surface area (Å²) < 4.78 is 0. The van der Waals surface area contributed by atoms with Crippen LogP contribution in [0.25, 0.3) is 0 Å². The lowest BCUT2D eigenvalue weighted by Crippen LogP contribution is -2.60. The molecular weight excluding hydrogens is 252 g/mol. The average Bonchev–Trinajstić information content (AvgIpc) is 2.43. The van der Waals surface area contributed by atoms with Crippen LogP contribution in [0.2, 0.25) is 0 Å². The normalized spacial score (nSPS) is 24.2. The summed E-state index contributed by atoms with van der Waals surface area (Å²) in [5.41, 5.74) is 11.6. The number of piperazine rings is 1. The Bertz CT molecular complexity index is 464. The monoisotopic (exact) mass is 276 g/mol. The molecule has 4 N–H and O–H groups in total. The highest BCUT2D eigenvalue weighted by atomic mass is 16.1. The first-order valence-corrected chi connectivity index (χ1v) is 7.00. The summed E-state index contributed by atoms with van der Waals surface area (Å²) in [6, 6.07) is 9.85. The Morgan fingerprint density at radius 3 is 2.55 bits per heavy atom. The maximum Gasteiger partial charge on any atom is 0.243 e. The van der Waals surface area contributed by atoms with Gasteiger partial charge in [0.2, 0.25) is 5.91 Å². The molecule has 1 fully saturated rings. The third kappa shape index (κ3) is 3.00. The summed E-state index contributed by atoms with van der Waals surface area (Å²) in [4.78, 5) is 16.4. The smallest absolute Gasteiger partial charge is 0.243 e. The molecule has 1 amide bonds. The second kappa shape index (κ2) is 5.91. The van der Waals surface area contributed by atoms with Gasteiger partial charge in [0, 0.05) is 32.2 Å². The molecule has 20 heavy (non-hydrogen) atoms. The van der Waals surface area contributed by atoms with E-state index in [1.54, 1.807) is 0 Å². The zero-order valence-electron chi connectivity index (χ0n) is 12.2. The molecule has 2 unspecified atom stereocenters. The molecule has 0 radical (unpaired) electrons. The zero-order chi connectivity index (χ0) is 14.8. The number of hydrogen-bond donors (Lipinski definition) is 2. The lowest BCUT2D eigenvalue weighted by Gasteiger charge is -2.41. The number of likely N-dealkylation sites (N-methyl/N-ethyl adjacent to an activating group) is 1. The summed E-state index contributed by atoms with van der Waals surface area (Å²) in [6.07, 6.45) is 0. The maximum absolute atomic E-state index is 11.9. The molecule has 1 heterocycles. The second-order valence-electron chi connectivity index (χ2n) is 5.77. The fourth-order valence-electron chi connectivity index (χ4n) is 2.67. The number of rotatable bonds is 4. The molecule has 1 aliphatic heterocycles. The Morgan fingerprint density at radius 1 is 1.35 bits per heavy atom. The van der Waals surface area contributed by atoms with E-state index in [2.05, 4.69) is 23.8 Å². The van der Waals surface area contributed by atoms with E-state index in [0.717, 1.165) is 25.2 Å². The number of carbonyl (C=O) groups is 1. The molecule has 0 aliphatic carbocycles. The first kappa shape index (κ1) is 15.0. The largest absolute Gasteiger partial charge is 0.368 e. The Labute approximate surface area is 120 Å². The van der Waals surface area contributed by atoms with Crippen molar-refractivity contribution in [3.8, 4) is 0 Å². The Balaban J connectivity index is 2.16. The third-order valence-electron chi connectivity index (χ3n) is 4.25. The number of carbonyl (C=O) groups excluding carboxylic acids is 1. The first-order chi connectivity index (χ1) is 9.43. The number of amides is 1. The molecule has 1 aromatic rings. The van der Waals surface area contributed by atoms with Crippen molar-refractivity contribution in [2.45, 2.75) is 18.5 Å². The van der Waals surface area contributed by atoms with Crippen molar-refractivity contribution in [3.05, 3.63) is 35.9 Å². The molecule has 1 aromatic carbocycles. The van der Waals surface area contributed by atoms with E-state index < -0.39 is 11.4 Å². The molecule has 2 atom stereocenters. The summed E-state index contributed by atoms with van der Waals surface area (Å²) in [7, 11) is 2.11. The van der Waals surface area contributed by atoms with Crippen molar-refractivity contribution in [2.75, 3.05) is 33.2 Å². The molecule has 1 saturated heterocycles. The van der Waals surface area contributed by atoms with Crippen LogP contribution < -0.4 is 11.5 Å². The molecule has 5 heteroatoms. The molecule has 0 aromatic heterocycles. The SMILES string of the molecule is CC1CN(CC(N)(C(N)=O)c2ccccc2)CCN1C. The van der Waals surface area contributed by atoms with Crippen molar-refractivity contribution in [1.82, 2.24) is 9.80 Å². The molecule has 0 bridgehead atoms. The van der Waals surface area contributed by atoms with E-state index >= 15 is 0 Å². The second-order valence-corrected chi connectivity index (χ2v) is 5.77. The average molecular weight is 276 g/mol. The highest BCUT2D eigenvalue weighted by molar-refractivity contribution is 5.86. The highest BCUT2D eigenvalue weighted by Crippen LogP contribution is 2.21. The van der Waals surface area contributed by atoms with Crippen molar-refractivity contribution in [2.24, 2.45) is 11.5 Å². The molecule has 110 valence electrons. The van der Waals surface area contributed by atoms with Gasteiger partial charge in [0.05, 0.1) is 0 Å². The zero-order valence-corrected chi connectivity index (χ0v) is 12.2. The van der Waals surface area contributed by atoms with E-state index in [1.807, 2.05) is 30.3 Å². The van der Waals surface area contributed by atoms with Crippen LogP contribution in [-0.4, -0.2) is 55.0 Å². The topological polar surface area (TPSA) is 75.6 Å². The van der Waals surface area contributed by atoms with Gasteiger partial charge in [-0.1, -0.05) is 30.3 Å². The van der Waals surface area contributed by atoms with Crippen LogP contribution >= 0.6 is 0 Å². The minimum Gasteiger partial charge on any atom is -0.368 e. The van der Waals surface area contributed by atoms with Crippen LogP contribution in [0, 0.1) is 0 Å². The first-order valence-electron chi connectivity index (χ1n) is 7.00. The lowest BCUT2D eigenvalue weighted by atomic mass is 9.89. The van der Waals surface area contributed by atoms with Gasteiger partial charge in [0.15, 0.2) is 0 Å². The van der Waals surface area contributed by atoms with Crippen molar-refractivity contribution >= 4 is 5.91 Å². The van der Waals surface area contributed by atoms with Crippen LogP contribution in [0.4, 0.5) is 0 Å². The van der Waals surface area contributed by atoms with Crippen LogP contribution in [-0.2, 0) is 10.3 Å². The number of primary amides is 1. The van der Waals surface area contributed by atoms with E-state index in [-0.39, 0.29) is 0 Å². The Hall–Kier alpha value is -1.43. The van der Waals surface area contributed by atoms with Crippen LogP contribution in [0.3, 0.4) is 0 Å². The molecule has 0 saturated carbocycles. The third-order valence-corrected chi connectivity index (χ3v) is 4.25. The van der Waals surface area contributed by atoms with Gasteiger partial charge in [-0.05, 0) is 19.5 Å². The van der Waals surface area contributed by atoms with Gasteiger partial charge in [-0.3, -0.25) is 9.69 Å². The predicted molar refractivity (Wildman–Crippen MR) is 80.0 cm³/mol. The Kier molecular flexibility index (Phi) is 4.42. The van der Waals surface area contributed by atoms with Crippen molar-refractivity contribution in [3.63, 3.8) is 0 Å². The Morgan fingerprint density at radius 2 is 2.00 bits per heavy atom. The molecular formula is C15H24N4O. The fourth-order valence-corrected chi connectivity index (χ4v) is 2.67. The number of nitrogens with two attached hydrogens (primary N) is 2. The minimum atomic E-state index is -1.13. The minimum absolute atomic E-state index is 0.455. The highest BCUT2D eigenvalue weighted by Gasteiger charge is 2.37. The quantitative estimate of drug-likeness (QED) is 0.809. The van der Waals surface area contributed by atoms with Gasteiger partial charge in [-0.25, -0.2) is 0 Å². The molecule has 1 aliphatic rings. The van der Waals surface area contributed by atoms with Gasteiger partial charge >= 0.3 is 0 Å². The number of hydrogen-bond acceptors (Lipinski definition) is 4. The van der Waals surface area contributed by atoms with E-state index in [4.69, 9.17) is 11.5 Å². The molecule has 0 spiro atoms. The lowest BCUT2D eigenvalue weighted by molar-refractivity contribution is -0.124. The van der Waals surface area contributed by atoms with Crippen molar-refractivity contribution < 1.29 is 4.79 Å². The van der Waals surface area contributed by atoms with E-state index in [9.17, 15) is 4.79 Å². The standard InChI is InChI=1S/C15H24N4O/c1-12-10-19(9-8-18(12)2)11-15(17,14(16)20)13-6-4-3-5-7-13/h3-7,12H,8-11,17H2,1-2H3,(H2,16,20). The van der Waals surface area contributed by atoms with Gasteiger partial charge < -0.3 is 16.4 Å². The summed E-state index contributed by atoms with van der Waals surface area (Å²) in [5.74, 6) is -0.477. The number of benzene rings is 1. The van der Waals surface area contributed by atoms with Crippen LogP contribution in [0.15, 0.2) is 30.3 Å². The predicted octanol–water partition coefficient (Wildman–Crippen LogP) is -0.0382. The van der Waals surface area contributed by atoms with Crippen molar-refractivity contribution in [1.29, 1.82) is 0 Å². The summed E-state index contributed by atoms with van der Waals surface area (Å²) in [6.45, 7) is 5.42. The summed E-state index contributed by atoms with van der Waals surface area (Å²) >= 11 is 0. The summed E-state index contributed by atoms with van der Waals surface area (Å²) in [5, 5.41) is 0. The van der Waals surface area contributed by atoms with Gasteiger partial charge in [0.1, 0.15) is 5.54 Å².